The summed E-state index contributed by atoms with van der Waals surface area (Å²) in [5, 5.41) is 19.2. The maximum Gasteiger partial charge on any atom is 0.0971 e. The van der Waals surface area contributed by atoms with E-state index in [-0.39, 0.29) is 12.5 Å². The number of aromatic nitrogens is 3. The molecule has 0 aliphatic carbocycles. The third-order valence-corrected chi connectivity index (χ3v) is 5.77. The van der Waals surface area contributed by atoms with Crippen LogP contribution >= 0.6 is 0 Å². The minimum absolute atomic E-state index is 0.0268. The van der Waals surface area contributed by atoms with E-state index < -0.39 is 17.4 Å². The summed E-state index contributed by atoms with van der Waals surface area (Å²) >= 11 is -2.29. The van der Waals surface area contributed by atoms with E-state index in [9.17, 15) is 13.9 Å². The SMILES string of the molecule is O=S([O-])NCc1cccc([C@@H]2CCN(Cc3cn(-c4ccccc4)nn3)C[C@@H]2O)c1. The van der Waals surface area contributed by atoms with Crippen molar-refractivity contribution in [1.29, 1.82) is 0 Å². The first-order valence-electron chi connectivity index (χ1n) is 9.87. The van der Waals surface area contributed by atoms with Gasteiger partial charge in [0.1, 0.15) is 0 Å². The zero-order valence-corrected chi connectivity index (χ0v) is 17.2. The molecule has 1 unspecified atom stereocenters. The molecule has 0 spiro atoms. The topological polar surface area (TPSA) is 106 Å². The van der Waals surface area contributed by atoms with E-state index in [1.54, 1.807) is 4.68 Å². The summed E-state index contributed by atoms with van der Waals surface area (Å²) in [6, 6.07) is 17.6. The molecule has 1 fully saturated rings. The number of aliphatic hydroxyl groups excluding tert-OH is 1. The summed E-state index contributed by atoms with van der Waals surface area (Å²) in [5.74, 6) is 0.0268. The highest BCUT2D eigenvalue weighted by Gasteiger charge is 2.29. The van der Waals surface area contributed by atoms with E-state index in [1.807, 2.05) is 60.8 Å². The number of aliphatic hydroxyl groups is 1. The third-order valence-electron chi connectivity index (χ3n) is 5.39. The van der Waals surface area contributed by atoms with Crippen molar-refractivity contribution in [3.05, 3.63) is 77.6 Å². The lowest BCUT2D eigenvalue weighted by atomic mass is 9.86. The minimum atomic E-state index is -2.29. The van der Waals surface area contributed by atoms with Crippen molar-refractivity contribution in [2.24, 2.45) is 0 Å². The molecule has 2 heterocycles. The van der Waals surface area contributed by atoms with Crippen LogP contribution in [-0.2, 0) is 24.4 Å². The Hall–Kier alpha value is -2.43. The van der Waals surface area contributed by atoms with Gasteiger partial charge < -0.3 is 9.66 Å². The van der Waals surface area contributed by atoms with Gasteiger partial charge in [-0.1, -0.05) is 47.7 Å². The number of nitrogens with one attached hydrogen (secondary N) is 1. The average molecular weight is 427 g/mol. The van der Waals surface area contributed by atoms with Crippen LogP contribution < -0.4 is 4.72 Å². The van der Waals surface area contributed by atoms with Crippen LogP contribution in [-0.4, -0.2) is 53.0 Å². The van der Waals surface area contributed by atoms with Crippen LogP contribution in [0.15, 0.2) is 60.8 Å². The first kappa shape index (κ1) is 20.8. The molecule has 1 aliphatic heterocycles. The second kappa shape index (κ2) is 9.59. The fraction of sp³-hybridized carbons (Fsp3) is 0.333. The molecule has 8 nitrogen and oxygen atoms in total. The molecular formula is C21H24N5O3S-. The predicted molar refractivity (Wildman–Crippen MR) is 112 cm³/mol. The molecule has 0 amide bonds. The highest BCUT2D eigenvalue weighted by molar-refractivity contribution is 7.77. The van der Waals surface area contributed by atoms with Gasteiger partial charge in [0.25, 0.3) is 0 Å². The number of β-amino-alcohol motifs (C(OH)–C–C–N with tert-alkyl or cyclic N) is 1. The van der Waals surface area contributed by atoms with Gasteiger partial charge >= 0.3 is 0 Å². The Morgan fingerprint density at radius 2 is 2.03 bits per heavy atom. The van der Waals surface area contributed by atoms with Gasteiger partial charge in [0, 0.05) is 36.8 Å². The van der Waals surface area contributed by atoms with Crippen LogP contribution in [0.5, 0.6) is 0 Å². The maximum absolute atomic E-state index is 10.8. The minimum Gasteiger partial charge on any atom is -0.760 e. The van der Waals surface area contributed by atoms with Crippen LogP contribution in [0.3, 0.4) is 0 Å². The van der Waals surface area contributed by atoms with Gasteiger partial charge in [-0.05, 0) is 36.2 Å². The van der Waals surface area contributed by atoms with Crippen molar-refractivity contribution in [2.75, 3.05) is 13.1 Å². The summed E-state index contributed by atoms with van der Waals surface area (Å²) < 4.78 is 25.6. The van der Waals surface area contributed by atoms with Crippen molar-refractivity contribution in [1.82, 2.24) is 24.6 Å². The lowest BCUT2D eigenvalue weighted by molar-refractivity contribution is 0.0471. The van der Waals surface area contributed by atoms with Gasteiger partial charge in [-0.3, -0.25) is 9.11 Å². The second-order valence-corrected chi connectivity index (χ2v) is 8.25. The Balaban J connectivity index is 1.36. The molecule has 30 heavy (non-hydrogen) atoms. The Morgan fingerprint density at radius 3 is 2.80 bits per heavy atom. The molecule has 9 heteroatoms. The number of rotatable bonds is 7. The van der Waals surface area contributed by atoms with Crippen LogP contribution in [0, 0.1) is 0 Å². The Bertz CT molecular complexity index is 997. The zero-order chi connectivity index (χ0) is 20.9. The molecule has 158 valence electrons. The van der Waals surface area contributed by atoms with Gasteiger partial charge in [-0.15, -0.1) is 5.10 Å². The van der Waals surface area contributed by atoms with Gasteiger partial charge in [-0.2, -0.15) is 0 Å². The quantitative estimate of drug-likeness (QED) is 0.555. The number of nitrogens with zero attached hydrogens (tertiary/aromatic N) is 4. The van der Waals surface area contributed by atoms with Crippen LogP contribution in [0.1, 0.15) is 29.2 Å². The first-order valence-corrected chi connectivity index (χ1v) is 10.9. The smallest absolute Gasteiger partial charge is 0.0971 e. The summed E-state index contributed by atoms with van der Waals surface area (Å²) in [6.07, 6.45) is 2.24. The molecule has 4 rings (SSSR count). The fourth-order valence-electron chi connectivity index (χ4n) is 3.91. The van der Waals surface area contributed by atoms with Gasteiger partial charge in [-0.25, -0.2) is 9.40 Å². The van der Waals surface area contributed by atoms with Crippen LogP contribution in [0.25, 0.3) is 5.69 Å². The molecule has 3 aromatic rings. The van der Waals surface area contributed by atoms with E-state index in [2.05, 4.69) is 19.9 Å². The normalized spacial score (nSPS) is 20.9. The maximum atomic E-state index is 10.8. The van der Waals surface area contributed by atoms with E-state index in [4.69, 9.17) is 0 Å². The summed E-state index contributed by atoms with van der Waals surface area (Å²) in [4.78, 5) is 2.19. The largest absolute Gasteiger partial charge is 0.760 e. The number of hydrogen-bond donors (Lipinski definition) is 2. The monoisotopic (exact) mass is 426 g/mol. The van der Waals surface area contributed by atoms with Crippen LogP contribution in [0.4, 0.5) is 0 Å². The Kier molecular flexibility index (Phi) is 6.66. The average Bonchev–Trinajstić information content (AvgIpc) is 3.22. The molecule has 0 radical (unpaired) electrons. The zero-order valence-electron chi connectivity index (χ0n) is 16.4. The Labute approximate surface area is 178 Å². The molecule has 1 saturated heterocycles. The Morgan fingerprint density at radius 1 is 1.20 bits per heavy atom. The highest BCUT2D eigenvalue weighted by atomic mass is 32.2. The van der Waals surface area contributed by atoms with Gasteiger partial charge in [0.2, 0.25) is 0 Å². The third kappa shape index (κ3) is 5.18. The highest BCUT2D eigenvalue weighted by Crippen LogP contribution is 2.29. The summed E-state index contributed by atoms with van der Waals surface area (Å²) in [6.45, 7) is 2.27. The molecule has 1 aromatic heterocycles. The van der Waals surface area contributed by atoms with Crippen molar-refractivity contribution in [2.45, 2.75) is 31.5 Å². The number of para-hydroxylation sites is 1. The molecule has 0 bridgehead atoms. The van der Waals surface area contributed by atoms with Crippen molar-refractivity contribution >= 4 is 11.3 Å². The number of piperidine rings is 1. The molecule has 2 aromatic carbocycles. The van der Waals surface area contributed by atoms with Gasteiger partial charge in [0.15, 0.2) is 0 Å². The molecule has 2 N–H and O–H groups in total. The van der Waals surface area contributed by atoms with E-state index in [1.165, 1.54) is 0 Å². The van der Waals surface area contributed by atoms with Crippen molar-refractivity contribution in [3.63, 3.8) is 0 Å². The second-order valence-electron chi connectivity index (χ2n) is 7.49. The summed E-state index contributed by atoms with van der Waals surface area (Å²) in [5.41, 5.74) is 3.74. The molecular weight excluding hydrogens is 402 g/mol. The number of hydrogen-bond acceptors (Lipinski definition) is 6. The van der Waals surface area contributed by atoms with E-state index in [0.29, 0.717) is 13.1 Å². The first-order chi connectivity index (χ1) is 14.6. The molecule has 0 saturated carbocycles. The lowest BCUT2D eigenvalue weighted by Gasteiger charge is -2.36. The van der Waals surface area contributed by atoms with Gasteiger partial charge in [0.05, 0.1) is 23.7 Å². The standard InChI is InChI=1S/C21H25N5O3S/c27-21-15-25(13-18-14-26(24-23-18)19-7-2-1-3-8-19)10-9-20(21)17-6-4-5-16(11-17)12-22-30(28)29/h1-8,11,14,20-22,27H,9-10,12-13,15H2,(H,28,29)/p-1/t20-,21-/m0/s1. The van der Waals surface area contributed by atoms with Crippen molar-refractivity contribution < 1.29 is 13.9 Å². The van der Waals surface area contributed by atoms with Crippen LogP contribution in [0.2, 0.25) is 0 Å². The predicted octanol–water partition coefficient (Wildman–Crippen LogP) is 1.50. The lowest BCUT2D eigenvalue weighted by Crippen LogP contribution is -2.42. The number of benzene rings is 2. The molecule has 3 atom stereocenters. The number of likely N-dealkylation sites (tertiary alicyclic amines) is 1. The fourth-order valence-corrected chi connectivity index (χ4v) is 4.20. The van der Waals surface area contributed by atoms with Crippen molar-refractivity contribution in [3.8, 4) is 5.69 Å². The summed E-state index contributed by atoms with van der Waals surface area (Å²) in [7, 11) is 0. The van der Waals surface area contributed by atoms with E-state index >= 15 is 0 Å². The molecule has 1 aliphatic rings. The van der Waals surface area contributed by atoms with E-state index in [0.717, 1.165) is 35.5 Å².